The van der Waals surface area contributed by atoms with E-state index in [1.54, 1.807) is 0 Å². The number of ether oxygens (including phenoxy) is 1. The third-order valence-corrected chi connectivity index (χ3v) is 9.45. The molecule has 4 aromatic carbocycles. The molecule has 3 aromatic heterocycles. The molecule has 0 bridgehead atoms. The molecule has 0 atom stereocenters. The first-order valence-corrected chi connectivity index (χ1v) is 16.6. The average Bonchev–Trinajstić information content (AvgIpc) is 3.57. The van der Waals surface area contributed by atoms with Crippen LogP contribution in [-0.2, 0) is 32.9 Å². The van der Waals surface area contributed by atoms with Crippen LogP contribution < -0.4 is 4.74 Å². The molecule has 48 heavy (non-hydrogen) atoms. The van der Waals surface area contributed by atoms with Crippen LogP contribution in [0, 0.1) is 26.0 Å². The van der Waals surface area contributed by atoms with Gasteiger partial charge in [0, 0.05) is 34.5 Å². The maximum atomic E-state index is 6.47. The molecular weight excluding hydrogens is 772 g/mol. The number of hydrogen-bond acceptors (Lipinski definition) is 3. The molecule has 0 unspecified atom stereocenters. The van der Waals surface area contributed by atoms with Gasteiger partial charge in [0.25, 0.3) is 0 Å². The Labute approximate surface area is 297 Å². The van der Waals surface area contributed by atoms with Crippen molar-refractivity contribution in [1.82, 2.24) is 19.3 Å². The third kappa shape index (κ3) is 6.13. The second kappa shape index (κ2) is 13.6. The van der Waals surface area contributed by atoms with E-state index in [1.165, 1.54) is 16.5 Å². The number of hydrogen-bond donors (Lipinski definition) is 0. The number of rotatable bonds is 9. The Bertz CT molecular complexity index is 2230. The zero-order valence-corrected chi connectivity index (χ0v) is 30.6. The second-order valence-corrected chi connectivity index (χ2v) is 13.0. The molecular formula is C42H40N4OPt. The minimum atomic E-state index is 0. The van der Waals surface area contributed by atoms with Gasteiger partial charge in [0.2, 0.25) is 0 Å². The van der Waals surface area contributed by atoms with Gasteiger partial charge in [-0.3, -0.25) is 4.68 Å². The van der Waals surface area contributed by atoms with E-state index in [0.29, 0.717) is 11.5 Å². The van der Waals surface area contributed by atoms with Gasteiger partial charge in [0.15, 0.2) is 0 Å². The Balaban J connectivity index is 0.00000401. The summed E-state index contributed by atoms with van der Waals surface area (Å²) in [5.41, 5.74) is 9.86. The number of fused-ring (bicyclic) bond motifs is 3. The molecule has 0 spiro atoms. The van der Waals surface area contributed by atoms with E-state index in [2.05, 4.69) is 119 Å². The molecule has 0 amide bonds. The van der Waals surface area contributed by atoms with Crippen LogP contribution in [0.5, 0.6) is 11.5 Å². The normalized spacial score (nSPS) is 11.6. The Hall–Kier alpha value is -4.47. The number of nitrogens with zero attached hydrogens (tertiary/aromatic N) is 4. The molecule has 0 saturated heterocycles. The molecule has 0 N–H and O–H groups in total. The van der Waals surface area contributed by atoms with Gasteiger partial charge in [0.1, 0.15) is 5.82 Å². The minimum Gasteiger partial charge on any atom is -0.509 e. The van der Waals surface area contributed by atoms with Gasteiger partial charge >= 0.3 is 21.1 Å². The predicted octanol–water partition coefficient (Wildman–Crippen LogP) is 10.7. The Morgan fingerprint density at radius 2 is 1.60 bits per heavy atom. The molecule has 7 rings (SSSR count). The molecule has 0 saturated carbocycles. The van der Waals surface area contributed by atoms with Crippen LogP contribution in [-0.4, -0.2) is 19.3 Å². The van der Waals surface area contributed by atoms with Crippen LogP contribution >= 0.6 is 0 Å². The number of aryl methyl sites for hydroxylation is 2. The van der Waals surface area contributed by atoms with Crippen LogP contribution in [0.25, 0.3) is 44.4 Å². The van der Waals surface area contributed by atoms with Crippen LogP contribution in [0.3, 0.4) is 0 Å². The monoisotopic (exact) mass is 811 g/mol. The Morgan fingerprint density at radius 3 is 2.38 bits per heavy atom. The van der Waals surface area contributed by atoms with Crippen LogP contribution in [0.15, 0.2) is 97.2 Å². The molecule has 7 aromatic rings. The smallest absolute Gasteiger partial charge is 0.509 e. The van der Waals surface area contributed by atoms with E-state index in [4.69, 9.17) is 14.8 Å². The molecule has 0 aliphatic heterocycles. The van der Waals surface area contributed by atoms with Gasteiger partial charge in [-0.2, -0.15) is 17.2 Å². The topological polar surface area (TPSA) is 44.9 Å². The third-order valence-electron chi connectivity index (χ3n) is 9.45. The summed E-state index contributed by atoms with van der Waals surface area (Å²) in [7, 11) is 0. The van der Waals surface area contributed by atoms with Gasteiger partial charge in [-0.05, 0) is 78.1 Å². The Morgan fingerprint density at radius 1 is 0.812 bits per heavy atom. The fourth-order valence-electron chi connectivity index (χ4n) is 6.51. The second-order valence-electron chi connectivity index (χ2n) is 13.0. The summed E-state index contributed by atoms with van der Waals surface area (Å²) in [6, 6.07) is 38.7. The van der Waals surface area contributed by atoms with Gasteiger partial charge in [-0.15, -0.1) is 35.7 Å². The van der Waals surface area contributed by atoms with Crippen molar-refractivity contribution < 1.29 is 25.8 Å². The summed E-state index contributed by atoms with van der Waals surface area (Å²) < 4.78 is 10.6. The first kappa shape index (κ1) is 33.4. The van der Waals surface area contributed by atoms with E-state index in [0.717, 1.165) is 69.7 Å². The summed E-state index contributed by atoms with van der Waals surface area (Å²) in [5, 5.41) is 7.19. The van der Waals surface area contributed by atoms with Crippen molar-refractivity contribution in [2.75, 3.05) is 0 Å². The molecule has 0 aliphatic carbocycles. The first-order chi connectivity index (χ1) is 22.8. The van der Waals surface area contributed by atoms with Crippen molar-refractivity contribution in [1.29, 1.82) is 0 Å². The van der Waals surface area contributed by atoms with Crippen LogP contribution in [0.2, 0.25) is 0 Å². The zero-order valence-electron chi connectivity index (χ0n) is 28.4. The van der Waals surface area contributed by atoms with E-state index in [1.807, 2.05) is 41.2 Å². The SMILES string of the molecule is CCCc1ccnc(-n2c3[c-]c(Oc4[c-]c(-n5nc(C)c(-c6ccccc6)c5C)ccc4)ccc3c3cc(C(C)(C)CC)ccc32)c1.[Pt+2]. The molecule has 5 nitrogen and oxygen atoms in total. The quantitative estimate of drug-likeness (QED) is 0.136. The van der Waals surface area contributed by atoms with Gasteiger partial charge < -0.3 is 9.30 Å². The maximum Gasteiger partial charge on any atom is 2.00 e. The van der Waals surface area contributed by atoms with Crippen molar-refractivity contribution in [2.45, 2.75) is 66.2 Å². The molecule has 3 heterocycles. The molecule has 6 heteroatoms. The number of aromatic nitrogens is 4. The van der Waals surface area contributed by atoms with E-state index in [9.17, 15) is 0 Å². The molecule has 0 aliphatic rings. The number of pyridine rings is 1. The minimum absolute atomic E-state index is 0. The Kier molecular flexibility index (Phi) is 9.45. The van der Waals surface area contributed by atoms with E-state index in [-0.39, 0.29) is 26.5 Å². The zero-order chi connectivity index (χ0) is 32.7. The van der Waals surface area contributed by atoms with Crippen molar-refractivity contribution in [3.05, 3.63) is 132 Å². The largest absolute Gasteiger partial charge is 2.00 e. The van der Waals surface area contributed by atoms with E-state index >= 15 is 0 Å². The number of benzene rings is 4. The van der Waals surface area contributed by atoms with E-state index < -0.39 is 0 Å². The summed E-state index contributed by atoms with van der Waals surface area (Å²) in [6.07, 6.45) is 5.06. The average molecular weight is 812 g/mol. The van der Waals surface area contributed by atoms with Crippen molar-refractivity contribution in [3.63, 3.8) is 0 Å². The van der Waals surface area contributed by atoms with Crippen LogP contribution in [0.4, 0.5) is 0 Å². The fourth-order valence-corrected chi connectivity index (χ4v) is 6.51. The van der Waals surface area contributed by atoms with Crippen LogP contribution in [0.1, 0.15) is 63.1 Å². The van der Waals surface area contributed by atoms with Crippen molar-refractivity contribution >= 4 is 21.8 Å². The standard InChI is InChI=1S/C42H40N4O.Pt/c1-7-13-30-22-23-43-40(24-30)45-38-21-18-32(42(5,6)8-2)25-37(38)36-20-19-35(27-39(36)45)47-34-17-12-16-33(26-34)46-29(4)41(28(3)44-46)31-14-10-9-11-15-31;/h9-12,14-25H,7-8,13H2,1-6H3;/q-2;+2. The van der Waals surface area contributed by atoms with Crippen molar-refractivity contribution in [2.24, 2.45) is 0 Å². The first-order valence-electron chi connectivity index (χ1n) is 16.6. The molecule has 244 valence electrons. The summed E-state index contributed by atoms with van der Waals surface area (Å²) in [6.45, 7) is 13.2. The molecule has 0 radical (unpaired) electrons. The summed E-state index contributed by atoms with van der Waals surface area (Å²) in [4.78, 5) is 4.84. The summed E-state index contributed by atoms with van der Waals surface area (Å²) >= 11 is 0. The fraction of sp³-hybridized carbons (Fsp3) is 0.238. The maximum absolute atomic E-state index is 6.47. The van der Waals surface area contributed by atoms with Gasteiger partial charge in [0.05, 0.1) is 5.69 Å². The predicted molar refractivity (Wildman–Crippen MR) is 192 cm³/mol. The van der Waals surface area contributed by atoms with Gasteiger partial charge in [-0.25, -0.2) is 4.98 Å². The van der Waals surface area contributed by atoms with Crippen molar-refractivity contribution in [3.8, 4) is 34.1 Å². The summed E-state index contributed by atoms with van der Waals surface area (Å²) in [5.74, 6) is 2.11. The van der Waals surface area contributed by atoms with Gasteiger partial charge in [-0.1, -0.05) is 82.1 Å². The molecule has 0 fully saturated rings.